The van der Waals surface area contributed by atoms with Crippen molar-refractivity contribution >= 4 is 17.4 Å². The molecule has 0 aliphatic rings. The van der Waals surface area contributed by atoms with E-state index >= 15 is 0 Å². The number of hydrogen-bond acceptors (Lipinski definition) is 6. The van der Waals surface area contributed by atoms with Crippen LogP contribution in [0, 0.1) is 0 Å². The average Bonchev–Trinajstić information content (AvgIpc) is 2.74. The number of ether oxygens (including phenoxy) is 2. The number of rotatable bonds is 8. The topological polar surface area (TPSA) is 85.4 Å². The predicted octanol–water partition coefficient (Wildman–Crippen LogP) is 3.95. The second-order valence-electron chi connectivity index (χ2n) is 6.61. The van der Waals surface area contributed by atoms with Crippen LogP contribution >= 0.6 is 0 Å². The SMILES string of the molecule is COc1ccc(CNC(=O)c2cnc(Nc3ccccc3OC(C)C)cn2)cc1. The summed E-state index contributed by atoms with van der Waals surface area (Å²) in [7, 11) is 1.61. The molecule has 29 heavy (non-hydrogen) atoms. The molecule has 2 aromatic carbocycles. The molecule has 1 aromatic heterocycles. The predicted molar refractivity (Wildman–Crippen MR) is 112 cm³/mol. The summed E-state index contributed by atoms with van der Waals surface area (Å²) in [4.78, 5) is 20.8. The van der Waals surface area contributed by atoms with Crippen molar-refractivity contribution in [2.75, 3.05) is 12.4 Å². The fraction of sp³-hybridized carbons (Fsp3) is 0.227. The van der Waals surface area contributed by atoms with Gasteiger partial charge in [-0.25, -0.2) is 9.97 Å². The van der Waals surface area contributed by atoms with Crippen molar-refractivity contribution in [1.29, 1.82) is 0 Å². The first-order valence-corrected chi connectivity index (χ1v) is 9.31. The molecule has 150 valence electrons. The molecular weight excluding hydrogens is 368 g/mol. The minimum atomic E-state index is -0.289. The lowest BCUT2D eigenvalue weighted by Gasteiger charge is -2.15. The molecule has 0 bridgehead atoms. The molecule has 0 saturated heterocycles. The van der Waals surface area contributed by atoms with E-state index in [0.717, 1.165) is 22.7 Å². The Balaban J connectivity index is 1.60. The quantitative estimate of drug-likeness (QED) is 0.604. The number of hydrogen-bond donors (Lipinski definition) is 2. The summed E-state index contributed by atoms with van der Waals surface area (Å²) in [5.41, 5.74) is 2.00. The van der Waals surface area contributed by atoms with Crippen LogP contribution in [-0.4, -0.2) is 29.1 Å². The molecule has 0 fully saturated rings. The summed E-state index contributed by atoms with van der Waals surface area (Å²) < 4.78 is 10.9. The Hall–Kier alpha value is -3.61. The largest absolute Gasteiger partial charge is 0.497 e. The number of benzene rings is 2. The highest BCUT2D eigenvalue weighted by Gasteiger charge is 2.10. The van der Waals surface area contributed by atoms with E-state index in [1.807, 2.05) is 62.4 Å². The van der Waals surface area contributed by atoms with E-state index in [1.165, 1.54) is 12.4 Å². The molecular formula is C22H24N4O3. The van der Waals surface area contributed by atoms with E-state index in [9.17, 15) is 4.79 Å². The number of carbonyl (C=O) groups is 1. The molecule has 2 N–H and O–H groups in total. The normalized spacial score (nSPS) is 10.5. The van der Waals surface area contributed by atoms with Gasteiger partial charge in [0, 0.05) is 6.54 Å². The zero-order valence-electron chi connectivity index (χ0n) is 16.7. The zero-order valence-corrected chi connectivity index (χ0v) is 16.7. The molecule has 0 radical (unpaired) electrons. The maximum Gasteiger partial charge on any atom is 0.271 e. The van der Waals surface area contributed by atoms with Crippen molar-refractivity contribution in [1.82, 2.24) is 15.3 Å². The number of nitrogens with zero attached hydrogens (tertiary/aromatic N) is 2. The van der Waals surface area contributed by atoms with Gasteiger partial charge in [-0.1, -0.05) is 24.3 Å². The Morgan fingerprint density at radius 2 is 1.79 bits per heavy atom. The minimum absolute atomic E-state index is 0.0563. The van der Waals surface area contributed by atoms with Crippen LogP contribution < -0.4 is 20.1 Å². The molecule has 3 aromatic rings. The molecule has 7 heteroatoms. The number of para-hydroxylation sites is 2. The Kier molecular flexibility index (Phi) is 6.63. The smallest absolute Gasteiger partial charge is 0.271 e. The number of amides is 1. The molecule has 1 heterocycles. The van der Waals surface area contributed by atoms with Gasteiger partial charge in [0.15, 0.2) is 0 Å². The summed E-state index contributed by atoms with van der Waals surface area (Å²) in [5.74, 6) is 1.74. The molecule has 0 unspecified atom stereocenters. The molecule has 1 amide bonds. The maximum absolute atomic E-state index is 12.3. The summed E-state index contributed by atoms with van der Waals surface area (Å²) in [6, 6.07) is 15.1. The Morgan fingerprint density at radius 1 is 1.03 bits per heavy atom. The van der Waals surface area contributed by atoms with Crippen LogP contribution in [0.2, 0.25) is 0 Å². The third-order valence-electron chi connectivity index (χ3n) is 4.01. The molecule has 0 saturated carbocycles. The van der Waals surface area contributed by atoms with Gasteiger partial charge < -0.3 is 20.1 Å². The van der Waals surface area contributed by atoms with Crippen molar-refractivity contribution in [3.63, 3.8) is 0 Å². The number of aromatic nitrogens is 2. The zero-order chi connectivity index (χ0) is 20.6. The summed E-state index contributed by atoms with van der Waals surface area (Å²) >= 11 is 0. The number of anilines is 2. The van der Waals surface area contributed by atoms with Crippen molar-refractivity contribution in [2.45, 2.75) is 26.5 Å². The fourth-order valence-corrected chi connectivity index (χ4v) is 2.59. The Labute approximate surface area is 170 Å². The van der Waals surface area contributed by atoms with E-state index in [0.29, 0.717) is 12.4 Å². The second kappa shape index (κ2) is 9.54. The van der Waals surface area contributed by atoms with Gasteiger partial charge in [0.05, 0.1) is 31.3 Å². The van der Waals surface area contributed by atoms with Gasteiger partial charge in [-0.2, -0.15) is 0 Å². The molecule has 3 rings (SSSR count). The standard InChI is InChI=1S/C22H24N4O3/c1-15(2)29-20-7-5-4-6-18(20)26-21-14-23-19(13-24-21)22(27)25-12-16-8-10-17(28-3)11-9-16/h4-11,13-15H,12H2,1-3H3,(H,24,26)(H,25,27). The minimum Gasteiger partial charge on any atom is -0.497 e. The molecule has 0 atom stereocenters. The van der Waals surface area contributed by atoms with Crippen LogP contribution in [0.5, 0.6) is 11.5 Å². The average molecular weight is 392 g/mol. The van der Waals surface area contributed by atoms with Crippen LogP contribution in [-0.2, 0) is 6.54 Å². The van der Waals surface area contributed by atoms with Gasteiger partial charge in [0.25, 0.3) is 5.91 Å². The number of methoxy groups -OCH3 is 1. The first-order chi connectivity index (χ1) is 14.0. The highest BCUT2D eigenvalue weighted by atomic mass is 16.5. The number of carbonyl (C=O) groups excluding carboxylic acids is 1. The third-order valence-corrected chi connectivity index (χ3v) is 4.01. The molecule has 7 nitrogen and oxygen atoms in total. The van der Waals surface area contributed by atoms with E-state index in [-0.39, 0.29) is 17.7 Å². The van der Waals surface area contributed by atoms with Gasteiger partial charge in [-0.05, 0) is 43.7 Å². The fourth-order valence-electron chi connectivity index (χ4n) is 2.59. The summed E-state index contributed by atoms with van der Waals surface area (Å²) in [5, 5.41) is 6.00. The van der Waals surface area contributed by atoms with Crippen LogP contribution in [0.25, 0.3) is 0 Å². The highest BCUT2D eigenvalue weighted by Crippen LogP contribution is 2.27. The molecule has 0 aliphatic carbocycles. The second-order valence-corrected chi connectivity index (χ2v) is 6.61. The maximum atomic E-state index is 12.3. The Morgan fingerprint density at radius 3 is 2.45 bits per heavy atom. The lowest BCUT2D eigenvalue weighted by Crippen LogP contribution is -2.24. The number of nitrogens with one attached hydrogen (secondary N) is 2. The van der Waals surface area contributed by atoms with Crippen molar-refractivity contribution in [3.8, 4) is 11.5 Å². The Bertz CT molecular complexity index is 941. The van der Waals surface area contributed by atoms with E-state index in [2.05, 4.69) is 20.6 Å². The monoisotopic (exact) mass is 392 g/mol. The van der Waals surface area contributed by atoms with E-state index in [1.54, 1.807) is 7.11 Å². The van der Waals surface area contributed by atoms with Crippen molar-refractivity contribution in [2.24, 2.45) is 0 Å². The summed E-state index contributed by atoms with van der Waals surface area (Å²) in [6.07, 6.45) is 3.02. The van der Waals surface area contributed by atoms with E-state index in [4.69, 9.17) is 9.47 Å². The van der Waals surface area contributed by atoms with Crippen LogP contribution in [0.1, 0.15) is 29.9 Å². The van der Waals surface area contributed by atoms with E-state index < -0.39 is 0 Å². The van der Waals surface area contributed by atoms with Crippen LogP contribution in [0.15, 0.2) is 60.9 Å². The van der Waals surface area contributed by atoms with Gasteiger partial charge in [-0.15, -0.1) is 0 Å². The van der Waals surface area contributed by atoms with Gasteiger partial charge in [-0.3, -0.25) is 4.79 Å². The van der Waals surface area contributed by atoms with Crippen molar-refractivity contribution < 1.29 is 14.3 Å². The highest BCUT2D eigenvalue weighted by molar-refractivity contribution is 5.92. The van der Waals surface area contributed by atoms with Gasteiger partial charge in [0.1, 0.15) is 23.0 Å². The molecule has 0 spiro atoms. The van der Waals surface area contributed by atoms with Crippen LogP contribution in [0.3, 0.4) is 0 Å². The van der Waals surface area contributed by atoms with Gasteiger partial charge >= 0.3 is 0 Å². The lowest BCUT2D eigenvalue weighted by molar-refractivity contribution is 0.0945. The first kappa shape index (κ1) is 20.1. The lowest BCUT2D eigenvalue weighted by atomic mass is 10.2. The summed E-state index contributed by atoms with van der Waals surface area (Å²) in [6.45, 7) is 4.33. The van der Waals surface area contributed by atoms with Crippen molar-refractivity contribution in [3.05, 3.63) is 72.2 Å². The van der Waals surface area contributed by atoms with Gasteiger partial charge in [0.2, 0.25) is 0 Å². The first-order valence-electron chi connectivity index (χ1n) is 9.31. The molecule has 0 aliphatic heterocycles. The van der Waals surface area contributed by atoms with Crippen LogP contribution in [0.4, 0.5) is 11.5 Å². The third kappa shape index (κ3) is 5.68.